The number of hydrogen-bond acceptors (Lipinski definition) is 4. The summed E-state index contributed by atoms with van der Waals surface area (Å²) in [5, 5.41) is 17.1. The van der Waals surface area contributed by atoms with Gasteiger partial charge in [0.2, 0.25) is 0 Å². The fourth-order valence-electron chi connectivity index (χ4n) is 1.79. The van der Waals surface area contributed by atoms with Gasteiger partial charge in [-0.25, -0.2) is 0 Å². The molecule has 0 aliphatic carbocycles. The van der Waals surface area contributed by atoms with E-state index in [2.05, 4.69) is 11.9 Å². The van der Waals surface area contributed by atoms with Gasteiger partial charge in [0, 0.05) is 13.1 Å². The summed E-state index contributed by atoms with van der Waals surface area (Å²) in [4.78, 5) is 0. The Balaban J connectivity index is 1.75. The van der Waals surface area contributed by atoms with Crippen molar-refractivity contribution in [3.05, 3.63) is 64.9 Å². The smallest absolute Gasteiger partial charge is 0.119 e. The van der Waals surface area contributed by atoms with Crippen LogP contribution in [0.3, 0.4) is 0 Å². The average molecular weight is 289 g/mol. The quantitative estimate of drug-likeness (QED) is 0.734. The highest BCUT2D eigenvalue weighted by Crippen LogP contribution is 2.16. The molecule has 2 N–H and O–H groups in total. The van der Waals surface area contributed by atoms with Crippen LogP contribution in [0.4, 0.5) is 0 Å². The van der Waals surface area contributed by atoms with Crippen molar-refractivity contribution in [2.24, 2.45) is 0 Å². The molecule has 0 amide bonds. The van der Waals surface area contributed by atoms with Gasteiger partial charge in [-0.15, -0.1) is 0 Å². The van der Waals surface area contributed by atoms with E-state index in [1.54, 1.807) is 17.4 Å². The van der Waals surface area contributed by atoms with Crippen molar-refractivity contribution in [3.8, 4) is 5.75 Å². The number of aliphatic hydroxyl groups excluding tert-OH is 1. The molecule has 0 aliphatic heterocycles. The van der Waals surface area contributed by atoms with Crippen LogP contribution in [-0.4, -0.2) is 18.3 Å². The third-order valence-corrected chi connectivity index (χ3v) is 3.59. The van der Waals surface area contributed by atoms with Gasteiger partial charge in [0.05, 0.1) is 6.10 Å². The van der Waals surface area contributed by atoms with Crippen LogP contribution >= 0.6 is 11.3 Å². The van der Waals surface area contributed by atoms with Gasteiger partial charge in [-0.3, -0.25) is 0 Å². The van der Waals surface area contributed by atoms with Gasteiger partial charge in [0.25, 0.3) is 0 Å². The zero-order chi connectivity index (χ0) is 14.2. The summed E-state index contributed by atoms with van der Waals surface area (Å²) in [7, 11) is 0. The SMILES string of the molecule is C=CCOc1ccc(CNCC(O)c2ccsc2)cc1. The number of thiophene rings is 1. The Morgan fingerprint density at radius 1 is 1.30 bits per heavy atom. The van der Waals surface area contributed by atoms with E-state index in [0.717, 1.165) is 23.4 Å². The number of aliphatic hydroxyl groups is 1. The Morgan fingerprint density at radius 3 is 2.75 bits per heavy atom. The molecular formula is C16H19NO2S. The highest BCUT2D eigenvalue weighted by atomic mass is 32.1. The number of nitrogens with one attached hydrogen (secondary N) is 1. The molecule has 2 rings (SSSR count). The molecule has 4 heteroatoms. The first kappa shape index (κ1) is 14.8. The molecular weight excluding hydrogens is 270 g/mol. The Bertz CT molecular complexity index is 508. The van der Waals surface area contributed by atoms with Crippen molar-refractivity contribution < 1.29 is 9.84 Å². The van der Waals surface area contributed by atoms with Crippen molar-refractivity contribution in [3.63, 3.8) is 0 Å². The molecule has 0 saturated carbocycles. The van der Waals surface area contributed by atoms with E-state index in [1.165, 1.54) is 0 Å². The van der Waals surface area contributed by atoms with E-state index < -0.39 is 6.10 Å². The molecule has 1 atom stereocenters. The lowest BCUT2D eigenvalue weighted by molar-refractivity contribution is 0.175. The number of hydrogen-bond donors (Lipinski definition) is 2. The van der Waals surface area contributed by atoms with Crippen LogP contribution in [-0.2, 0) is 6.54 Å². The lowest BCUT2D eigenvalue weighted by Gasteiger charge is -2.11. The van der Waals surface area contributed by atoms with Gasteiger partial charge in [-0.2, -0.15) is 11.3 Å². The number of benzene rings is 1. The molecule has 0 spiro atoms. The summed E-state index contributed by atoms with van der Waals surface area (Å²) in [6.45, 7) is 5.40. The van der Waals surface area contributed by atoms with Crippen LogP contribution < -0.4 is 10.1 Å². The van der Waals surface area contributed by atoms with Crippen molar-refractivity contribution in [2.75, 3.05) is 13.2 Å². The molecule has 0 aliphatic rings. The first-order valence-electron chi connectivity index (χ1n) is 6.53. The Labute approximate surface area is 123 Å². The van der Waals surface area contributed by atoms with Crippen LogP contribution in [0.1, 0.15) is 17.2 Å². The lowest BCUT2D eigenvalue weighted by Crippen LogP contribution is -2.20. The average Bonchev–Trinajstić information content (AvgIpc) is 3.00. The Hall–Kier alpha value is -1.62. The predicted octanol–water partition coefficient (Wildman–Crippen LogP) is 3.14. The van der Waals surface area contributed by atoms with Gasteiger partial charge in [-0.1, -0.05) is 24.8 Å². The van der Waals surface area contributed by atoms with Crippen molar-refractivity contribution in [1.29, 1.82) is 0 Å². The van der Waals surface area contributed by atoms with Crippen molar-refractivity contribution in [2.45, 2.75) is 12.6 Å². The van der Waals surface area contributed by atoms with E-state index in [9.17, 15) is 5.11 Å². The maximum atomic E-state index is 9.94. The van der Waals surface area contributed by atoms with Gasteiger partial charge < -0.3 is 15.2 Å². The van der Waals surface area contributed by atoms with E-state index in [0.29, 0.717) is 13.2 Å². The Morgan fingerprint density at radius 2 is 2.10 bits per heavy atom. The fourth-order valence-corrected chi connectivity index (χ4v) is 2.50. The minimum Gasteiger partial charge on any atom is -0.490 e. The molecule has 0 fully saturated rings. The third kappa shape index (κ3) is 4.49. The molecule has 0 bridgehead atoms. The van der Waals surface area contributed by atoms with Crippen LogP contribution in [0.15, 0.2) is 53.7 Å². The third-order valence-electron chi connectivity index (χ3n) is 2.89. The van der Waals surface area contributed by atoms with Crippen LogP contribution in [0.25, 0.3) is 0 Å². The maximum absolute atomic E-state index is 9.94. The molecule has 20 heavy (non-hydrogen) atoms. The van der Waals surface area contributed by atoms with Crippen molar-refractivity contribution >= 4 is 11.3 Å². The summed E-state index contributed by atoms with van der Waals surface area (Å²) in [5.41, 5.74) is 2.13. The van der Waals surface area contributed by atoms with Gasteiger partial charge >= 0.3 is 0 Å². The first-order valence-corrected chi connectivity index (χ1v) is 7.47. The number of ether oxygens (including phenoxy) is 1. The minimum absolute atomic E-state index is 0.448. The second-order valence-electron chi connectivity index (χ2n) is 4.45. The second kappa shape index (κ2) is 7.85. The molecule has 1 aromatic heterocycles. The number of rotatable bonds is 8. The topological polar surface area (TPSA) is 41.5 Å². The molecule has 106 valence electrons. The second-order valence-corrected chi connectivity index (χ2v) is 5.23. The highest BCUT2D eigenvalue weighted by molar-refractivity contribution is 7.07. The molecule has 1 unspecified atom stereocenters. The van der Waals surface area contributed by atoms with Gasteiger partial charge in [-0.05, 0) is 40.1 Å². The predicted molar refractivity (Wildman–Crippen MR) is 83.1 cm³/mol. The zero-order valence-electron chi connectivity index (χ0n) is 11.3. The zero-order valence-corrected chi connectivity index (χ0v) is 12.1. The molecule has 0 radical (unpaired) electrons. The molecule has 2 aromatic rings. The molecule has 3 nitrogen and oxygen atoms in total. The summed E-state index contributed by atoms with van der Waals surface area (Å²) in [6.07, 6.45) is 1.28. The van der Waals surface area contributed by atoms with E-state index in [4.69, 9.17) is 4.74 Å². The standard InChI is InChI=1S/C16H19NO2S/c1-2-8-19-15-5-3-13(4-6-15)10-17-11-16(18)14-7-9-20-12-14/h2-7,9,12,16-18H,1,8,10-11H2. The Kier molecular flexibility index (Phi) is 5.80. The lowest BCUT2D eigenvalue weighted by atomic mass is 10.2. The normalized spacial score (nSPS) is 12.1. The first-order chi connectivity index (χ1) is 9.79. The van der Waals surface area contributed by atoms with Crippen LogP contribution in [0.2, 0.25) is 0 Å². The summed E-state index contributed by atoms with van der Waals surface area (Å²) in [6, 6.07) is 9.86. The maximum Gasteiger partial charge on any atom is 0.119 e. The monoisotopic (exact) mass is 289 g/mol. The van der Waals surface area contributed by atoms with E-state index in [-0.39, 0.29) is 0 Å². The fraction of sp³-hybridized carbons (Fsp3) is 0.250. The van der Waals surface area contributed by atoms with E-state index >= 15 is 0 Å². The van der Waals surface area contributed by atoms with Crippen molar-refractivity contribution in [1.82, 2.24) is 5.32 Å². The largest absolute Gasteiger partial charge is 0.490 e. The molecule has 0 saturated heterocycles. The van der Waals surface area contributed by atoms with Gasteiger partial charge in [0.15, 0.2) is 0 Å². The van der Waals surface area contributed by atoms with Crippen LogP contribution in [0, 0.1) is 0 Å². The van der Waals surface area contributed by atoms with E-state index in [1.807, 2.05) is 41.1 Å². The van der Waals surface area contributed by atoms with Crippen LogP contribution in [0.5, 0.6) is 5.75 Å². The highest BCUT2D eigenvalue weighted by Gasteiger charge is 2.06. The summed E-state index contributed by atoms with van der Waals surface area (Å²) in [5.74, 6) is 0.840. The summed E-state index contributed by atoms with van der Waals surface area (Å²) < 4.78 is 5.42. The van der Waals surface area contributed by atoms with Gasteiger partial charge in [0.1, 0.15) is 12.4 Å². The molecule has 1 heterocycles. The summed E-state index contributed by atoms with van der Waals surface area (Å²) >= 11 is 1.60. The minimum atomic E-state index is -0.448. The molecule has 1 aromatic carbocycles.